The summed E-state index contributed by atoms with van der Waals surface area (Å²) in [5.74, 6) is -2.56. The highest BCUT2D eigenvalue weighted by atomic mass is 19.1. The van der Waals surface area contributed by atoms with Crippen LogP contribution in [0.2, 0.25) is 0 Å². The third-order valence-corrected chi connectivity index (χ3v) is 2.83. The van der Waals surface area contributed by atoms with Gasteiger partial charge >= 0.3 is 0 Å². The number of methoxy groups -OCH3 is 1. The van der Waals surface area contributed by atoms with Crippen LogP contribution in [-0.2, 0) is 11.3 Å². The predicted molar refractivity (Wildman–Crippen MR) is 75.9 cm³/mol. The minimum atomic E-state index is -0.966. The van der Waals surface area contributed by atoms with Crippen LogP contribution in [0.3, 0.4) is 0 Å². The second-order valence-electron chi connectivity index (χ2n) is 4.44. The van der Waals surface area contributed by atoms with Crippen molar-refractivity contribution in [2.24, 2.45) is 0 Å². The Kier molecular flexibility index (Phi) is 4.49. The summed E-state index contributed by atoms with van der Waals surface area (Å²) in [5.41, 5.74) is 6.09. The van der Waals surface area contributed by atoms with Crippen molar-refractivity contribution in [1.82, 2.24) is 0 Å². The number of carbonyl (C=O) groups is 1. The minimum absolute atomic E-state index is 0.283. The maximum atomic E-state index is 13.6. The van der Waals surface area contributed by atoms with E-state index in [9.17, 15) is 13.6 Å². The third-order valence-electron chi connectivity index (χ3n) is 2.83. The summed E-state index contributed by atoms with van der Waals surface area (Å²) < 4.78 is 31.7. The van der Waals surface area contributed by atoms with Gasteiger partial charge in [0, 0.05) is 18.9 Å². The summed E-state index contributed by atoms with van der Waals surface area (Å²) in [6, 6.07) is 8.48. The number of hydrogen-bond donors (Lipinski definition) is 2. The zero-order valence-corrected chi connectivity index (χ0v) is 11.3. The first-order valence-electron chi connectivity index (χ1n) is 6.15. The highest BCUT2D eigenvalue weighted by Crippen LogP contribution is 2.19. The van der Waals surface area contributed by atoms with Crippen molar-refractivity contribution < 1.29 is 18.3 Å². The van der Waals surface area contributed by atoms with E-state index in [0.717, 1.165) is 11.6 Å². The lowest BCUT2D eigenvalue weighted by Crippen LogP contribution is -2.15. The van der Waals surface area contributed by atoms with Crippen molar-refractivity contribution in [3.63, 3.8) is 0 Å². The number of nitrogens with two attached hydrogens (primary N) is 1. The van der Waals surface area contributed by atoms with E-state index in [-0.39, 0.29) is 11.3 Å². The summed E-state index contributed by atoms with van der Waals surface area (Å²) in [4.78, 5) is 12.0. The largest absolute Gasteiger partial charge is 0.396 e. The van der Waals surface area contributed by atoms with Crippen LogP contribution in [0.15, 0.2) is 36.4 Å². The monoisotopic (exact) mass is 292 g/mol. The molecule has 4 nitrogen and oxygen atoms in total. The number of hydrogen-bond acceptors (Lipinski definition) is 3. The Hall–Kier alpha value is -2.47. The molecule has 1 amide bonds. The average Bonchev–Trinajstić information content (AvgIpc) is 2.43. The van der Waals surface area contributed by atoms with Crippen LogP contribution in [0.4, 0.5) is 20.2 Å². The van der Waals surface area contributed by atoms with Crippen LogP contribution in [0.25, 0.3) is 0 Å². The standard InChI is InChI=1S/C15H14F2N2O2/c1-21-8-9-3-2-4-10(5-9)19-15(20)11-6-14(18)13(17)7-12(11)16/h2-7H,8,18H2,1H3,(H,19,20). The number of carbonyl (C=O) groups excluding carboxylic acids is 1. The molecular formula is C15H14F2N2O2. The lowest BCUT2D eigenvalue weighted by atomic mass is 10.1. The number of anilines is 2. The number of amides is 1. The number of rotatable bonds is 4. The summed E-state index contributed by atoms with van der Waals surface area (Å²) in [6.45, 7) is 0.390. The molecule has 0 unspecified atom stereocenters. The fraction of sp³-hybridized carbons (Fsp3) is 0.133. The molecule has 6 heteroatoms. The molecule has 0 aromatic heterocycles. The van der Waals surface area contributed by atoms with Crippen LogP contribution >= 0.6 is 0 Å². The number of ether oxygens (including phenoxy) is 1. The topological polar surface area (TPSA) is 64.3 Å². The normalized spacial score (nSPS) is 10.4. The molecule has 21 heavy (non-hydrogen) atoms. The van der Waals surface area contributed by atoms with Gasteiger partial charge in [0.2, 0.25) is 0 Å². The maximum Gasteiger partial charge on any atom is 0.258 e. The van der Waals surface area contributed by atoms with Crippen molar-refractivity contribution in [2.45, 2.75) is 6.61 Å². The average molecular weight is 292 g/mol. The zero-order valence-electron chi connectivity index (χ0n) is 11.3. The lowest BCUT2D eigenvalue weighted by molar-refractivity contribution is 0.102. The Morgan fingerprint density at radius 1 is 1.24 bits per heavy atom. The second-order valence-corrected chi connectivity index (χ2v) is 4.44. The Bertz CT molecular complexity index is 675. The lowest BCUT2D eigenvalue weighted by Gasteiger charge is -2.09. The molecule has 0 heterocycles. The SMILES string of the molecule is COCc1cccc(NC(=O)c2cc(N)c(F)cc2F)c1. The molecule has 0 atom stereocenters. The summed E-state index contributed by atoms with van der Waals surface area (Å²) >= 11 is 0. The van der Waals surface area contributed by atoms with E-state index in [1.807, 2.05) is 6.07 Å². The zero-order chi connectivity index (χ0) is 15.4. The van der Waals surface area contributed by atoms with Gasteiger partial charge in [0.1, 0.15) is 11.6 Å². The highest BCUT2D eigenvalue weighted by molar-refractivity contribution is 6.05. The molecule has 0 spiro atoms. The molecule has 110 valence electrons. The molecule has 2 aromatic carbocycles. The van der Waals surface area contributed by atoms with E-state index in [1.165, 1.54) is 0 Å². The molecule has 2 aromatic rings. The van der Waals surface area contributed by atoms with Gasteiger partial charge in [-0.3, -0.25) is 4.79 Å². The fourth-order valence-electron chi connectivity index (χ4n) is 1.84. The van der Waals surface area contributed by atoms with Crippen LogP contribution < -0.4 is 11.1 Å². The fourth-order valence-corrected chi connectivity index (χ4v) is 1.84. The van der Waals surface area contributed by atoms with Crippen molar-refractivity contribution in [3.05, 3.63) is 59.2 Å². The molecule has 0 radical (unpaired) electrons. The highest BCUT2D eigenvalue weighted by Gasteiger charge is 2.15. The molecule has 0 aliphatic rings. The van der Waals surface area contributed by atoms with E-state index in [4.69, 9.17) is 10.5 Å². The van der Waals surface area contributed by atoms with Gasteiger partial charge in [0.15, 0.2) is 0 Å². The van der Waals surface area contributed by atoms with E-state index in [0.29, 0.717) is 18.4 Å². The van der Waals surface area contributed by atoms with Crippen LogP contribution in [0.1, 0.15) is 15.9 Å². The van der Waals surface area contributed by atoms with Gasteiger partial charge in [0.25, 0.3) is 5.91 Å². The molecule has 0 saturated carbocycles. The van der Waals surface area contributed by atoms with Crippen molar-refractivity contribution in [2.75, 3.05) is 18.2 Å². The molecule has 0 fully saturated rings. The van der Waals surface area contributed by atoms with Gasteiger partial charge < -0.3 is 15.8 Å². The minimum Gasteiger partial charge on any atom is -0.396 e. The number of nitrogen functional groups attached to an aromatic ring is 1. The van der Waals surface area contributed by atoms with E-state index in [2.05, 4.69) is 5.32 Å². The van der Waals surface area contributed by atoms with Gasteiger partial charge in [-0.25, -0.2) is 8.78 Å². The first-order chi connectivity index (χ1) is 10.0. The van der Waals surface area contributed by atoms with Gasteiger partial charge in [-0.1, -0.05) is 12.1 Å². The maximum absolute atomic E-state index is 13.6. The quantitative estimate of drug-likeness (QED) is 0.852. The van der Waals surface area contributed by atoms with Crippen molar-refractivity contribution in [3.8, 4) is 0 Å². The Balaban J connectivity index is 2.22. The molecule has 0 aliphatic carbocycles. The number of halogens is 2. The first kappa shape index (κ1) is 14.9. The molecular weight excluding hydrogens is 278 g/mol. The Morgan fingerprint density at radius 2 is 2.00 bits per heavy atom. The van der Waals surface area contributed by atoms with Crippen LogP contribution in [0, 0.1) is 11.6 Å². The molecule has 0 saturated heterocycles. The number of nitrogens with one attached hydrogen (secondary N) is 1. The predicted octanol–water partition coefficient (Wildman–Crippen LogP) is 2.95. The molecule has 3 N–H and O–H groups in total. The molecule has 0 bridgehead atoms. The van der Waals surface area contributed by atoms with Crippen molar-refractivity contribution >= 4 is 17.3 Å². The van der Waals surface area contributed by atoms with Crippen LogP contribution in [0.5, 0.6) is 0 Å². The van der Waals surface area contributed by atoms with Crippen LogP contribution in [-0.4, -0.2) is 13.0 Å². The molecule has 0 aliphatic heterocycles. The van der Waals surface area contributed by atoms with Gasteiger partial charge in [-0.15, -0.1) is 0 Å². The van der Waals surface area contributed by atoms with E-state index < -0.39 is 17.5 Å². The third kappa shape index (κ3) is 3.55. The second kappa shape index (κ2) is 6.32. The smallest absolute Gasteiger partial charge is 0.258 e. The van der Waals surface area contributed by atoms with E-state index in [1.54, 1.807) is 25.3 Å². The Morgan fingerprint density at radius 3 is 2.71 bits per heavy atom. The Labute approximate surface area is 120 Å². The molecule has 2 rings (SSSR count). The number of benzene rings is 2. The van der Waals surface area contributed by atoms with Gasteiger partial charge in [-0.05, 0) is 23.8 Å². The van der Waals surface area contributed by atoms with Gasteiger partial charge in [0.05, 0.1) is 17.9 Å². The first-order valence-corrected chi connectivity index (χ1v) is 6.15. The van der Waals surface area contributed by atoms with Gasteiger partial charge in [-0.2, -0.15) is 0 Å². The van der Waals surface area contributed by atoms with Crippen molar-refractivity contribution in [1.29, 1.82) is 0 Å². The summed E-state index contributed by atoms with van der Waals surface area (Å²) in [6.07, 6.45) is 0. The summed E-state index contributed by atoms with van der Waals surface area (Å²) in [5, 5.41) is 2.53. The summed E-state index contributed by atoms with van der Waals surface area (Å²) in [7, 11) is 1.56. The van der Waals surface area contributed by atoms with E-state index >= 15 is 0 Å².